The zero-order valence-corrected chi connectivity index (χ0v) is 12.5. The van der Waals surface area contributed by atoms with Crippen LogP contribution < -0.4 is 5.32 Å². The maximum atomic E-state index is 14.3. The lowest BCUT2D eigenvalue weighted by atomic mass is 9.87. The molecule has 0 spiro atoms. The molecule has 1 unspecified atom stereocenters. The average molecular weight is 305 g/mol. The van der Waals surface area contributed by atoms with Crippen LogP contribution in [0.2, 0.25) is 0 Å². The van der Waals surface area contributed by atoms with Gasteiger partial charge in [-0.25, -0.2) is 4.39 Å². The molecule has 0 aliphatic carbocycles. The topological polar surface area (TPSA) is 54.6 Å². The lowest BCUT2D eigenvalue weighted by Gasteiger charge is -2.38. The van der Waals surface area contributed by atoms with Crippen molar-refractivity contribution in [2.24, 2.45) is 0 Å². The Hall–Kier alpha value is -1.85. The van der Waals surface area contributed by atoms with Gasteiger partial charge < -0.3 is 19.6 Å². The van der Waals surface area contributed by atoms with Crippen LogP contribution in [0.25, 0.3) is 11.3 Å². The van der Waals surface area contributed by atoms with E-state index in [9.17, 15) is 9.50 Å². The van der Waals surface area contributed by atoms with Gasteiger partial charge in [0.1, 0.15) is 11.6 Å². The van der Waals surface area contributed by atoms with E-state index >= 15 is 0 Å². The highest BCUT2D eigenvalue weighted by Crippen LogP contribution is 2.29. The molecule has 118 valence electrons. The number of aliphatic hydroxyl groups is 1. The fraction of sp³-hybridized carbons (Fsp3) is 0.412. The van der Waals surface area contributed by atoms with Crippen molar-refractivity contribution in [3.8, 4) is 11.3 Å². The van der Waals surface area contributed by atoms with Crippen molar-refractivity contribution < 1.29 is 18.7 Å². The second kappa shape index (κ2) is 6.10. The Labute approximate surface area is 128 Å². The van der Waals surface area contributed by atoms with Crippen molar-refractivity contribution in [3.63, 3.8) is 0 Å². The molecule has 0 saturated carbocycles. The molecule has 3 rings (SSSR count). The molecule has 2 aromatic rings. The quantitative estimate of drug-likeness (QED) is 0.908. The average Bonchev–Trinajstić information content (AvgIpc) is 3.04. The summed E-state index contributed by atoms with van der Waals surface area (Å²) < 4.78 is 24.8. The number of halogens is 1. The molecule has 4 nitrogen and oxygen atoms in total. The van der Waals surface area contributed by atoms with E-state index < -0.39 is 5.60 Å². The van der Waals surface area contributed by atoms with E-state index in [1.165, 1.54) is 6.07 Å². The van der Waals surface area contributed by atoms with E-state index in [1.54, 1.807) is 30.5 Å². The third kappa shape index (κ3) is 3.00. The summed E-state index contributed by atoms with van der Waals surface area (Å²) in [5.41, 5.74) is 0.192. The van der Waals surface area contributed by atoms with Crippen molar-refractivity contribution in [1.29, 1.82) is 0 Å². The van der Waals surface area contributed by atoms with Gasteiger partial charge >= 0.3 is 0 Å². The van der Waals surface area contributed by atoms with Crippen LogP contribution in [0.5, 0.6) is 0 Å². The Kier molecular flexibility index (Phi) is 4.18. The minimum atomic E-state index is -0.871. The summed E-state index contributed by atoms with van der Waals surface area (Å²) in [6.07, 6.45) is 2.66. The van der Waals surface area contributed by atoms with Gasteiger partial charge in [0.2, 0.25) is 0 Å². The van der Waals surface area contributed by atoms with Gasteiger partial charge in [0.25, 0.3) is 0 Å². The molecule has 0 amide bonds. The first kappa shape index (κ1) is 15.1. The van der Waals surface area contributed by atoms with Crippen LogP contribution in [0, 0.1) is 5.82 Å². The molecule has 0 radical (unpaired) electrons. The minimum Gasteiger partial charge on any atom is -0.464 e. The SMILES string of the molecule is CC(Nc1ccc(-c2ccco2)cc1F)C1(O)CCOCC1. The van der Waals surface area contributed by atoms with Crippen molar-refractivity contribution >= 4 is 5.69 Å². The largest absolute Gasteiger partial charge is 0.464 e. The van der Waals surface area contributed by atoms with E-state index in [-0.39, 0.29) is 11.9 Å². The number of hydrogen-bond donors (Lipinski definition) is 2. The van der Waals surface area contributed by atoms with Gasteiger partial charge in [-0.1, -0.05) is 0 Å². The minimum absolute atomic E-state index is 0.264. The number of rotatable bonds is 4. The fourth-order valence-corrected chi connectivity index (χ4v) is 2.75. The van der Waals surface area contributed by atoms with E-state index in [2.05, 4.69) is 5.32 Å². The summed E-state index contributed by atoms with van der Waals surface area (Å²) in [6, 6.07) is 8.19. The molecule has 1 aliphatic rings. The van der Waals surface area contributed by atoms with Gasteiger partial charge in [0.15, 0.2) is 0 Å². The Morgan fingerprint density at radius 1 is 1.27 bits per heavy atom. The number of ether oxygens (including phenoxy) is 1. The van der Waals surface area contributed by atoms with Crippen molar-refractivity contribution in [2.75, 3.05) is 18.5 Å². The van der Waals surface area contributed by atoms with Crippen molar-refractivity contribution in [2.45, 2.75) is 31.4 Å². The first-order chi connectivity index (χ1) is 10.6. The third-order valence-corrected chi connectivity index (χ3v) is 4.31. The summed E-state index contributed by atoms with van der Waals surface area (Å²) in [7, 11) is 0. The predicted octanol–water partition coefficient (Wildman–Crippen LogP) is 3.43. The number of nitrogens with one attached hydrogen (secondary N) is 1. The summed E-state index contributed by atoms with van der Waals surface area (Å²) in [5, 5.41) is 13.7. The van der Waals surface area contributed by atoms with Gasteiger partial charge in [-0.05, 0) is 37.3 Å². The van der Waals surface area contributed by atoms with Crippen molar-refractivity contribution in [1.82, 2.24) is 0 Å². The van der Waals surface area contributed by atoms with E-state index in [0.29, 0.717) is 43.1 Å². The number of anilines is 1. The van der Waals surface area contributed by atoms with Crippen LogP contribution >= 0.6 is 0 Å². The molecule has 1 aromatic heterocycles. The van der Waals surface area contributed by atoms with E-state index in [4.69, 9.17) is 9.15 Å². The first-order valence-electron chi connectivity index (χ1n) is 7.48. The molecule has 1 atom stereocenters. The Balaban J connectivity index is 1.75. The molecule has 1 saturated heterocycles. The van der Waals surface area contributed by atoms with Gasteiger partial charge in [-0.15, -0.1) is 0 Å². The van der Waals surface area contributed by atoms with Crippen LogP contribution in [0.15, 0.2) is 41.0 Å². The molecular formula is C17H20FNO3. The Morgan fingerprint density at radius 2 is 2.05 bits per heavy atom. The zero-order valence-electron chi connectivity index (χ0n) is 12.5. The van der Waals surface area contributed by atoms with E-state index in [0.717, 1.165) is 0 Å². The second-order valence-corrected chi connectivity index (χ2v) is 5.75. The van der Waals surface area contributed by atoms with Gasteiger partial charge in [0, 0.05) is 31.6 Å². The van der Waals surface area contributed by atoms with Gasteiger partial charge in [0.05, 0.1) is 23.6 Å². The lowest BCUT2D eigenvalue weighted by molar-refractivity contribution is -0.0711. The molecule has 1 aliphatic heterocycles. The predicted molar refractivity (Wildman–Crippen MR) is 82.2 cm³/mol. The van der Waals surface area contributed by atoms with Crippen LogP contribution in [0.1, 0.15) is 19.8 Å². The molecule has 1 aromatic carbocycles. The molecule has 5 heteroatoms. The van der Waals surface area contributed by atoms with Crippen LogP contribution in [0.4, 0.5) is 10.1 Å². The van der Waals surface area contributed by atoms with Crippen LogP contribution in [-0.4, -0.2) is 30.0 Å². The van der Waals surface area contributed by atoms with Gasteiger partial charge in [-0.2, -0.15) is 0 Å². The van der Waals surface area contributed by atoms with Crippen LogP contribution in [0.3, 0.4) is 0 Å². The number of furan rings is 1. The molecule has 2 N–H and O–H groups in total. The Bertz CT molecular complexity index is 621. The molecular weight excluding hydrogens is 285 g/mol. The van der Waals surface area contributed by atoms with E-state index in [1.807, 2.05) is 6.92 Å². The molecule has 22 heavy (non-hydrogen) atoms. The fourth-order valence-electron chi connectivity index (χ4n) is 2.75. The summed E-state index contributed by atoms with van der Waals surface area (Å²) >= 11 is 0. The second-order valence-electron chi connectivity index (χ2n) is 5.75. The zero-order chi connectivity index (χ0) is 15.6. The maximum Gasteiger partial charge on any atom is 0.147 e. The maximum absolute atomic E-state index is 14.3. The number of hydrogen-bond acceptors (Lipinski definition) is 4. The first-order valence-corrected chi connectivity index (χ1v) is 7.48. The summed E-state index contributed by atoms with van der Waals surface area (Å²) in [5.74, 6) is 0.262. The highest BCUT2D eigenvalue weighted by Gasteiger charge is 2.36. The van der Waals surface area contributed by atoms with Gasteiger partial charge in [-0.3, -0.25) is 0 Å². The normalized spacial score (nSPS) is 18.9. The van der Waals surface area contributed by atoms with Crippen LogP contribution in [-0.2, 0) is 4.74 Å². The Morgan fingerprint density at radius 3 is 2.68 bits per heavy atom. The molecule has 2 heterocycles. The monoisotopic (exact) mass is 305 g/mol. The number of benzene rings is 1. The lowest BCUT2D eigenvalue weighted by Crippen LogP contribution is -2.49. The third-order valence-electron chi connectivity index (χ3n) is 4.31. The summed E-state index contributed by atoms with van der Waals surface area (Å²) in [6.45, 7) is 2.93. The molecule has 1 fully saturated rings. The molecule has 0 bridgehead atoms. The highest BCUT2D eigenvalue weighted by atomic mass is 19.1. The summed E-state index contributed by atoms with van der Waals surface area (Å²) in [4.78, 5) is 0. The smallest absolute Gasteiger partial charge is 0.147 e. The standard InChI is InChI=1S/C17H20FNO3/c1-12(17(20)6-9-21-10-7-17)19-15-5-4-13(11-14(15)18)16-3-2-8-22-16/h2-5,8,11-12,19-20H,6-7,9-10H2,1H3. The highest BCUT2D eigenvalue weighted by molar-refractivity contribution is 5.62. The van der Waals surface area contributed by atoms with Crippen molar-refractivity contribution in [3.05, 3.63) is 42.4 Å².